The summed E-state index contributed by atoms with van der Waals surface area (Å²) in [5, 5.41) is 4.36. The van der Waals surface area contributed by atoms with Crippen LogP contribution in [0.1, 0.15) is 31.7 Å². The van der Waals surface area contributed by atoms with Crippen LogP contribution >= 0.6 is 11.6 Å². The van der Waals surface area contributed by atoms with Gasteiger partial charge in [-0.05, 0) is 49.9 Å². The van der Waals surface area contributed by atoms with Crippen molar-refractivity contribution in [3.8, 4) is 0 Å². The van der Waals surface area contributed by atoms with Crippen LogP contribution in [0.4, 0.5) is 0 Å². The molecule has 17 heavy (non-hydrogen) atoms. The van der Waals surface area contributed by atoms with Gasteiger partial charge in [-0.2, -0.15) is 0 Å². The van der Waals surface area contributed by atoms with E-state index >= 15 is 0 Å². The summed E-state index contributed by atoms with van der Waals surface area (Å²) in [5.41, 5.74) is 1.31. The molecule has 1 rings (SSSR count). The fourth-order valence-electron chi connectivity index (χ4n) is 2.02. The molecule has 1 nitrogen and oxygen atoms in total. The Labute approximate surface area is 110 Å². The van der Waals surface area contributed by atoms with Gasteiger partial charge >= 0.3 is 0 Å². The number of benzene rings is 1. The molecule has 1 atom stereocenters. The Kier molecular flexibility index (Phi) is 6.99. The minimum absolute atomic E-state index is 0.540. The Balaban J connectivity index is 2.50. The van der Waals surface area contributed by atoms with E-state index in [-0.39, 0.29) is 0 Å². The molecular formula is C15H22ClN. The molecule has 0 aliphatic carbocycles. The molecule has 0 aliphatic heterocycles. The highest BCUT2D eigenvalue weighted by Gasteiger charge is 2.07. The maximum absolute atomic E-state index is 6.00. The molecule has 0 saturated heterocycles. The van der Waals surface area contributed by atoms with Crippen LogP contribution < -0.4 is 5.32 Å². The number of hydrogen-bond donors (Lipinski definition) is 1. The third-order valence-corrected chi connectivity index (χ3v) is 3.06. The van der Waals surface area contributed by atoms with Gasteiger partial charge in [-0.1, -0.05) is 36.7 Å². The smallest absolute Gasteiger partial charge is 0.0408 e. The van der Waals surface area contributed by atoms with E-state index in [1.165, 1.54) is 18.4 Å². The van der Waals surface area contributed by atoms with Crippen LogP contribution in [0.2, 0.25) is 5.02 Å². The van der Waals surface area contributed by atoms with Gasteiger partial charge in [0.15, 0.2) is 0 Å². The zero-order chi connectivity index (χ0) is 12.5. The zero-order valence-corrected chi connectivity index (χ0v) is 11.3. The zero-order valence-electron chi connectivity index (χ0n) is 10.6. The summed E-state index contributed by atoms with van der Waals surface area (Å²) in [4.78, 5) is 0. The van der Waals surface area contributed by atoms with Crippen molar-refractivity contribution < 1.29 is 0 Å². The molecule has 0 aliphatic rings. The van der Waals surface area contributed by atoms with Gasteiger partial charge in [0, 0.05) is 11.1 Å². The van der Waals surface area contributed by atoms with Crippen LogP contribution in [0.25, 0.3) is 0 Å². The Bertz CT molecular complexity index is 335. The van der Waals surface area contributed by atoms with Gasteiger partial charge in [0.25, 0.3) is 0 Å². The fraction of sp³-hybridized carbons (Fsp3) is 0.467. The van der Waals surface area contributed by atoms with Crippen molar-refractivity contribution in [1.82, 2.24) is 5.32 Å². The summed E-state index contributed by atoms with van der Waals surface area (Å²) in [6.45, 7) is 6.93. The summed E-state index contributed by atoms with van der Waals surface area (Å²) in [5.74, 6) is 0. The second-order valence-electron chi connectivity index (χ2n) is 4.31. The van der Waals surface area contributed by atoms with E-state index < -0.39 is 0 Å². The van der Waals surface area contributed by atoms with Gasteiger partial charge in [-0.25, -0.2) is 0 Å². The van der Waals surface area contributed by atoms with Crippen molar-refractivity contribution in [2.45, 2.75) is 38.6 Å². The molecule has 1 N–H and O–H groups in total. The van der Waals surface area contributed by atoms with Crippen molar-refractivity contribution in [1.29, 1.82) is 0 Å². The van der Waals surface area contributed by atoms with E-state index in [4.69, 9.17) is 11.6 Å². The molecule has 0 saturated carbocycles. The normalized spacial score (nSPS) is 12.4. The summed E-state index contributed by atoms with van der Waals surface area (Å²) < 4.78 is 0. The predicted octanol–water partition coefficient (Wildman–Crippen LogP) is 4.22. The van der Waals surface area contributed by atoms with Gasteiger partial charge < -0.3 is 5.32 Å². The molecule has 0 heterocycles. The number of rotatable bonds is 8. The summed E-state index contributed by atoms with van der Waals surface area (Å²) in [6, 6.07) is 8.68. The Morgan fingerprint density at radius 2 is 2.29 bits per heavy atom. The van der Waals surface area contributed by atoms with Crippen LogP contribution in [-0.2, 0) is 6.42 Å². The summed E-state index contributed by atoms with van der Waals surface area (Å²) in [7, 11) is 0. The van der Waals surface area contributed by atoms with Gasteiger partial charge in [-0.3, -0.25) is 0 Å². The van der Waals surface area contributed by atoms with Crippen LogP contribution in [0, 0.1) is 0 Å². The third kappa shape index (κ3) is 5.90. The van der Waals surface area contributed by atoms with Crippen LogP contribution in [0.3, 0.4) is 0 Å². The Morgan fingerprint density at radius 3 is 2.94 bits per heavy atom. The highest BCUT2D eigenvalue weighted by molar-refractivity contribution is 6.30. The molecule has 0 spiro atoms. The van der Waals surface area contributed by atoms with Crippen molar-refractivity contribution in [2.24, 2.45) is 0 Å². The van der Waals surface area contributed by atoms with E-state index in [0.29, 0.717) is 6.04 Å². The van der Waals surface area contributed by atoms with Crippen LogP contribution in [0.15, 0.2) is 36.9 Å². The lowest BCUT2D eigenvalue weighted by Crippen LogP contribution is -2.30. The van der Waals surface area contributed by atoms with Gasteiger partial charge in [-0.15, -0.1) is 6.58 Å². The number of halogens is 1. The fourth-order valence-corrected chi connectivity index (χ4v) is 2.23. The first kappa shape index (κ1) is 14.3. The number of allylic oxidation sites excluding steroid dienone is 1. The summed E-state index contributed by atoms with van der Waals surface area (Å²) >= 11 is 6.00. The average molecular weight is 252 g/mol. The lowest BCUT2D eigenvalue weighted by atomic mass is 10.0. The topological polar surface area (TPSA) is 12.0 Å². The first-order valence-electron chi connectivity index (χ1n) is 6.35. The molecule has 0 radical (unpaired) electrons. The molecule has 2 heteroatoms. The molecule has 0 aromatic heterocycles. The number of hydrogen-bond acceptors (Lipinski definition) is 1. The highest BCUT2D eigenvalue weighted by Crippen LogP contribution is 2.14. The van der Waals surface area contributed by atoms with Crippen molar-refractivity contribution in [3.05, 3.63) is 47.5 Å². The van der Waals surface area contributed by atoms with Crippen LogP contribution in [-0.4, -0.2) is 12.6 Å². The van der Waals surface area contributed by atoms with Gasteiger partial charge in [0.1, 0.15) is 0 Å². The Morgan fingerprint density at radius 1 is 1.47 bits per heavy atom. The lowest BCUT2D eigenvalue weighted by Gasteiger charge is -2.17. The predicted molar refractivity (Wildman–Crippen MR) is 76.7 cm³/mol. The summed E-state index contributed by atoms with van der Waals surface area (Å²) in [6.07, 6.45) is 6.51. The SMILES string of the molecule is C=CCCCC(Cc1cccc(Cl)c1)NCC. The van der Waals surface area contributed by atoms with E-state index in [2.05, 4.69) is 31.0 Å². The lowest BCUT2D eigenvalue weighted by molar-refractivity contribution is 0.478. The van der Waals surface area contributed by atoms with E-state index in [9.17, 15) is 0 Å². The van der Waals surface area contributed by atoms with Crippen LogP contribution in [0.5, 0.6) is 0 Å². The molecule has 0 fully saturated rings. The molecular weight excluding hydrogens is 230 g/mol. The standard InChI is InChI=1S/C15H22ClN/c1-3-5-6-10-15(17-4-2)12-13-8-7-9-14(16)11-13/h3,7-9,11,15,17H,1,4-6,10,12H2,2H3. The monoisotopic (exact) mass is 251 g/mol. The first-order valence-corrected chi connectivity index (χ1v) is 6.72. The average Bonchev–Trinajstić information content (AvgIpc) is 2.29. The van der Waals surface area contributed by atoms with Crippen molar-refractivity contribution in [2.75, 3.05) is 6.54 Å². The molecule has 0 bridgehead atoms. The third-order valence-electron chi connectivity index (χ3n) is 2.82. The van der Waals surface area contributed by atoms with Crippen molar-refractivity contribution in [3.63, 3.8) is 0 Å². The maximum atomic E-state index is 6.00. The number of unbranched alkanes of at least 4 members (excludes halogenated alkanes) is 1. The van der Waals surface area contributed by atoms with E-state index in [1.54, 1.807) is 0 Å². The highest BCUT2D eigenvalue weighted by atomic mass is 35.5. The van der Waals surface area contributed by atoms with Gasteiger partial charge in [0.2, 0.25) is 0 Å². The molecule has 1 unspecified atom stereocenters. The number of likely N-dealkylation sites (N-methyl/N-ethyl adjacent to an activating group) is 1. The minimum atomic E-state index is 0.540. The maximum Gasteiger partial charge on any atom is 0.0408 e. The minimum Gasteiger partial charge on any atom is -0.314 e. The van der Waals surface area contributed by atoms with E-state index in [1.807, 2.05) is 18.2 Å². The molecule has 1 aromatic rings. The first-order chi connectivity index (χ1) is 8.26. The molecule has 0 amide bonds. The van der Waals surface area contributed by atoms with Crippen molar-refractivity contribution >= 4 is 11.6 Å². The largest absolute Gasteiger partial charge is 0.314 e. The number of nitrogens with one attached hydrogen (secondary N) is 1. The second-order valence-corrected chi connectivity index (χ2v) is 4.74. The second kappa shape index (κ2) is 8.32. The molecule has 1 aromatic carbocycles. The van der Waals surface area contributed by atoms with Gasteiger partial charge in [0.05, 0.1) is 0 Å². The quantitative estimate of drug-likeness (QED) is 0.539. The van der Waals surface area contributed by atoms with E-state index in [0.717, 1.165) is 24.4 Å². The molecule has 94 valence electrons. The Hall–Kier alpha value is -0.790.